The Kier molecular flexibility index (Phi) is 5.46. The number of hydrogen-bond acceptors (Lipinski definition) is 3. The molecule has 0 aromatic heterocycles. The Morgan fingerprint density at radius 2 is 1.61 bits per heavy atom. The van der Waals surface area contributed by atoms with Crippen LogP contribution in [0.25, 0.3) is 0 Å². The van der Waals surface area contributed by atoms with E-state index in [1.165, 1.54) is 38.5 Å². The maximum absolute atomic E-state index is 13.1. The van der Waals surface area contributed by atoms with E-state index in [1.54, 1.807) is 4.90 Å². The fourth-order valence-corrected chi connectivity index (χ4v) is 6.66. The number of rotatable bonds is 8. The van der Waals surface area contributed by atoms with E-state index in [1.807, 2.05) is 30.3 Å². The number of para-hydroxylation sites is 1. The lowest BCUT2D eigenvalue weighted by Crippen LogP contribution is -2.52. The maximum atomic E-state index is 13.1. The lowest BCUT2D eigenvalue weighted by molar-refractivity contribution is -0.121. The summed E-state index contributed by atoms with van der Waals surface area (Å²) in [4.78, 5) is 28.3. The number of likely N-dealkylation sites (N-methyl/N-ethyl adjacent to an activating group) is 1. The molecule has 1 aromatic rings. The van der Waals surface area contributed by atoms with Gasteiger partial charge in [-0.2, -0.15) is 0 Å². The first kappa shape index (κ1) is 19.4. The number of nitrogens with two attached hydrogens (primary N) is 1. The van der Waals surface area contributed by atoms with E-state index in [0.29, 0.717) is 18.5 Å². The highest BCUT2D eigenvalue weighted by atomic mass is 16.2. The quantitative estimate of drug-likeness (QED) is 0.750. The van der Waals surface area contributed by atoms with Crippen LogP contribution in [0.2, 0.25) is 0 Å². The number of carbonyl (C=O) groups is 2. The molecular weight excluding hydrogens is 350 g/mol. The van der Waals surface area contributed by atoms with Crippen molar-refractivity contribution in [3.63, 3.8) is 0 Å². The van der Waals surface area contributed by atoms with E-state index in [-0.39, 0.29) is 18.2 Å². The molecule has 0 saturated heterocycles. The standard InChI is InChI=1S/C23H33N3O2/c1-25(16-23-12-17-9-18(13-23)11-19(10-17)14-23)15-22(28)26(8-7-21(24)27)20-5-3-2-4-6-20/h2-6,17-19H,7-16H2,1H3,(H2,24,27). The van der Waals surface area contributed by atoms with Crippen LogP contribution in [0.3, 0.4) is 0 Å². The van der Waals surface area contributed by atoms with E-state index in [4.69, 9.17) is 5.73 Å². The van der Waals surface area contributed by atoms with Crippen molar-refractivity contribution in [1.82, 2.24) is 4.90 Å². The van der Waals surface area contributed by atoms with Crippen LogP contribution in [0.4, 0.5) is 5.69 Å². The predicted molar refractivity (Wildman–Crippen MR) is 111 cm³/mol. The molecule has 2 amide bonds. The number of hydrogen-bond donors (Lipinski definition) is 1. The third-order valence-corrected chi connectivity index (χ3v) is 7.13. The molecule has 28 heavy (non-hydrogen) atoms. The fraction of sp³-hybridized carbons (Fsp3) is 0.652. The number of benzene rings is 1. The number of primary amides is 1. The molecule has 1 aromatic carbocycles. The zero-order valence-electron chi connectivity index (χ0n) is 17.0. The molecular formula is C23H33N3O2. The molecule has 5 rings (SSSR count). The van der Waals surface area contributed by atoms with E-state index < -0.39 is 0 Å². The van der Waals surface area contributed by atoms with Crippen LogP contribution in [-0.4, -0.2) is 43.4 Å². The van der Waals surface area contributed by atoms with Gasteiger partial charge in [0, 0.05) is 25.2 Å². The van der Waals surface area contributed by atoms with Crippen molar-refractivity contribution in [1.29, 1.82) is 0 Å². The van der Waals surface area contributed by atoms with Gasteiger partial charge < -0.3 is 10.6 Å². The van der Waals surface area contributed by atoms with Gasteiger partial charge in [-0.1, -0.05) is 18.2 Å². The van der Waals surface area contributed by atoms with Crippen molar-refractivity contribution >= 4 is 17.5 Å². The van der Waals surface area contributed by atoms with Crippen LogP contribution < -0.4 is 10.6 Å². The van der Waals surface area contributed by atoms with Crippen LogP contribution >= 0.6 is 0 Å². The Morgan fingerprint density at radius 1 is 1.04 bits per heavy atom. The number of carbonyl (C=O) groups excluding carboxylic acids is 2. The van der Waals surface area contributed by atoms with E-state index >= 15 is 0 Å². The maximum Gasteiger partial charge on any atom is 0.241 e. The van der Waals surface area contributed by atoms with Crippen LogP contribution in [0.15, 0.2) is 30.3 Å². The molecule has 152 valence electrons. The van der Waals surface area contributed by atoms with Gasteiger partial charge in [0.2, 0.25) is 11.8 Å². The zero-order chi connectivity index (χ0) is 19.7. The summed E-state index contributed by atoms with van der Waals surface area (Å²) in [7, 11) is 2.08. The minimum absolute atomic E-state index is 0.0414. The van der Waals surface area contributed by atoms with Crippen molar-refractivity contribution in [2.24, 2.45) is 28.9 Å². The summed E-state index contributed by atoms with van der Waals surface area (Å²) < 4.78 is 0. The normalized spacial score (nSPS) is 30.6. The summed E-state index contributed by atoms with van der Waals surface area (Å²) in [5.41, 5.74) is 6.58. The predicted octanol–water partition coefficient (Wildman–Crippen LogP) is 3.04. The van der Waals surface area contributed by atoms with E-state index in [2.05, 4.69) is 11.9 Å². The van der Waals surface area contributed by atoms with Gasteiger partial charge in [-0.25, -0.2) is 0 Å². The van der Waals surface area contributed by atoms with Gasteiger partial charge in [-0.3, -0.25) is 14.5 Å². The van der Waals surface area contributed by atoms with Crippen LogP contribution in [0, 0.1) is 23.2 Å². The average molecular weight is 384 g/mol. The molecule has 2 N–H and O–H groups in total. The largest absolute Gasteiger partial charge is 0.370 e. The summed E-state index contributed by atoms with van der Waals surface area (Å²) >= 11 is 0. The molecule has 0 spiro atoms. The Balaban J connectivity index is 1.40. The molecule has 0 atom stereocenters. The molecule has 4 aliphatic carbocycles. The van der Waals surface area contributed by atoms with Crippen LogP contribution in [-0.2, 0) is 9.59 Å². The lowest BCUT2D eigenvalue weighted by Gasteiger charge is -2.57. The highest BCUT2D eigenvalue weighted by molar-refractivity contribution is 5.95. The van der Waals surface area contributed by atoms with Crippen molar-refractivity contribution in [2.75, 3.05) is 31.6 Å². The first-order valence-electron chi connectivity index (χ1n) is 10.7. The summed E-state index contributed by atoms with van der Waals surface area (Å²) in [5, 5.41) is 0. The SMILES string of the molecule is CN(CC(=O)N(CCC(N)=O)c1ccccc1)CC12CC3CC(CC(C3)C1)C2. The smallest absolute Gasteiger partial charge is 0.241 e. The number of amides is 2. The molecule has 4 bridgehead atoms. The summed E-state index contributed by atoms with van der Waals surface area (Å²) in [6.45, 7) is 1.74. The van der Waals surface area contributed by atoms with Gasteiger partial charge in [-0.15, -0.1) is 0 Å². The first-order chi connectivity index (χ1) is 13.4. The lowest BCUT2D eigenvalue weighted by atomic mass is 9.49. The highest BCUT2D eigenvalue weighted by Crippen LogP contribution is 2.60. The van der Waals surface area contributed by atoms with Crippen molar-refractivity contribution in [3.05, 3.63) is 30.3 Å². The van der Waals surface area contributed by atoms with Gasteiger partial charge in [0.15, 0.2) is 0 Å². The second-order valence-electron chi connectivity index (χ2n) is 9.69. The third-order valence-electron chi connectivity index (χ3n) is 7.13. The molecule has 4 saturated carbocycles. The Morgan fingerprint density at radius 3 is 2.14 bits per heavy atom. The average Bonchev–Trinajstić information content (AvgIpc) is 2.60. The van der Waals surface area contributed by atoms with Crippen LogP contribution in [0.5, 0.6) is 0 Å². The summed E-state index contributed by atoms with van der Waals surface area (Å²) in [6.07, 6.45) is 8.55. The monoisotopic (exact) mass is 383 g/mol. The topological polar surface area (TPSA) is 66.6 Å². The minimum Gasteiger partial charge on any atom is -0.370 e. The number of anilines is 1. The van der Waals surface area contributed by atoms with Gasteiger partial charge >= 0.3 is 0 Å². The van der Waals surface area contributed by atoms with Crippen molar-refractivity contribution in [3.8, 4) is 0 Å². The highest BCUT2D eigenvalue weighted by Gasteiger charge is 2.51. The Hall–Kier alpha value is -1.88. The molecule has 0 unspecified atom stereocenters. The third kappa shape index (κ3) is 4.24. The molecule has 5 nitrogen and oxygen atoms in total. The van der Waals surface area contributed by atoms with Crippen molar-refractivity contribution in [2.45, 2.75) is 44.9 Å². The second kappa shape index (κ2) is 7.86. The number of nitrogens with zero attached hydrogens (tertiary/aromatic N) is 2. The molecule has 0 radical (unpaired) electrons. The van der Waals surface area contributed by atoms with E-state index in [9.17, 15) is 9.59 Å². The minimum atomic E-state index is -0.379. The zero-order valence-corrected chi connectivity index (χ0v) is 17.0. The molecule has 4 fully saturated rings. The second-order valence-corrected chi connectivity index (χ2v) is 9.69. The van der Waals surface area contributed by atoms with Crippen LogP contribution in [0.1, 0.15) is 44.9 Å². The Labute approximate surface area is 168 Å². The van der Waals surface area contributed by atoms with E-state index in [0.717, 1.165) is 30.0 Å². The van der Waals surface area contributed by atoms with Gasteiger partial charge in [-0.05, 0) is 80.9 Å². The van der Waals surface area contributed by atoms with Gasteiger partial charge in [0.1, 0.15) is 0 Å². The Bertz CT molecular complexity index is 683. The summed E-state index contributed by atoms with van der Waals surface area (Å²) in [5.74, 6) is 2.43. The molecule has 4 aliphatic rings. The van der Waals surface area contributed by atoms with Crippen molar-refractivity contribution < 1.29 is 9.59 Å². The molecule has 0 aliphatic heterocycles. The molecule has 5 heteroatoms. The molecule has 0 heterocycles. The summed E-state index contributed by atoms with van der Waals surface area (Å²) in [6, 6.07) is 9.59. The fourth-order valence-electron chi connectivity index (χ4n) is 6.66. The first-order valence-corrected chi connectivity index (χ1v) is 10.7. The van der Waals surface area contributed by atoms with Gasteiger partial charge in [0.25, 0.3) is 0 Å². The van der Waals surface area contributed by atoms with Gasteiger partial charge in [0.05, 0.1) is 6.54 Å².